The number of hydrogen-bond donors (Lipinski definition) is 2. The molecule has 2 N–H and O–H groups in total. The first-order valence-corrected chi connectivity index (χ1v) is 6.35. The Morgan fingerprint density at radius 2 is 2.23 bits per heavy atom. The van der Waals surface area contributed by atoms with E-state index in [0.717, 1.165) is 0 Å². The van der Waals surface area contributed by atoms with Crippen LogP contribution in [0.15, 0.2) is 35.5 Å². The number of amides is 1. The van der Waals surface area contributed by atoms with E-state index in [9.17, 15) is 22.8 Å². The van der Waals surface area contributed by atoms with Gasteiger partial charge in [0.25, 0.3) is 5.56 Å². The first kappa shape index (κ1) is 15.8. The van der Waals surface area contributed by atoms with Crippen LogP contribution in [0, 0.1) is 5.92 Å². The highest BCUT2D eigenvalue weighted by Crippen LogP contribution is 2.29. The summed E-state index contributed by atoms with van der Waals surface area (Å²) in [6.45, 7) is 1.83. The zero-order valence-corrected chi connectivity index (χ0v) is 11.5. The molecule has 0 saturated carbocycles. The van der Waals surface area contributed by atoms with E-state index in [0.29, 0.717) is 12.3 Å². The molecular weight excluding hydrogens is 301 g/mol. The summed E-state index contributed by atoms with van der Waals surface area (Å²) in [6, 6.07) is 2.29. The average molecular weight is 314 g/mol. The first-order valence-electron chi connectivity index (χ1n) is 6.35. The quantitative estimate of drug-likeness (QED) is 0.904. The molecule has 0 aliphatic heterocycles. The van der Waals surface area contributed by atoms with Gasteiger partial charge in [0.15, 0.2) is 0 Å². The maximum Gasteiger partial charge on any atom is 0.417 e. The van der Waals surface area contributed by atoms with Gasteiger partial charge < -0.3 is 10.3 Å². The Kier molecular flexibility index (Phi) is 4.34. The number of aromatic nitrogens is 3. The summed E-state index contributed by atoms with van der Waals surface area (Å²) >= 11 is 0. The van der Waals surface area contributed by atoms with Gasteiger partial charge in [-0.05, 0) is 12.1 Å². The van der Waals surface area contributed by atoms with E-state index in [1.807, 2.05) is 4.98 Å². The maximum atomic E-state index is 12.6. The van der Waals surface area contributed by atoms with Crippen LogP contribution in [0.25, 0.3) is 0 Å². The zero-order valence-electron chi connectivity index (χ0n) is 11.5. The van der Waals surface area contributed by atoms with Crippen molar-refractivity contribution < 1.29 is 18.0 Å². The van der Waals surface area contributed by atoms with Crippen LogP contribution < -0.4 is 10.9 Å². The number of carbonyl (C=O) groups excluding carboxylic acids is 1. The molecule has 2 aromatic heterocycles. The van der Waals surface area contributed by atoms with Crippen LogP contribution in [0.5, 0.6) is 0 Å². The van der Waals surface area contributed by atoms with E-state index >= 15 is 0 Å². The second kappa shape index (κ2) is 6.04. The second-order valence-electron chi connectivity index (χ2n) is 4.75. The minimum atomic E-state index is -4.61. The molecule has 0 aromatic carbocycles. The molecule has 0 bridgehead atoms. The molecule has 6 nitrogen and oxygen atoms in total. The number of aromatic amines is 1. The molecule has 22 heavy (non-hydrogen) atoms. The van der Waals surface area contributed by atoms with Gasteiger partial charge in [-0.15, -0.1) is 0 Å². The number of H-pyrrole nitrogens is 1. The molecule has 118 valence electrons. The predicted molar refractivity (Wildman–Crippen MR) is 72.1 cm³/mol. The van der Waals surface area contributed by atoms with Crippen LogP contribution in [0.2, 0.25) is 0 Å². The Hall–Kier alpha value is -2.58. The lowest BCUT2D eigenvalue weighted by Crippen LogP contribution is -2.28. The molecule has 0 fully saturated rings. The van der Waals surface area contributed by atoms with Crippen molar-refractivity contribution in [2.45, 2.75) is 19.6 Å². The van der Waals surface area contributed by atoms with Crippen LogP contribution in [0.4, 0.5) is 18.9 Å². The van der Waals surface area contributed by atoms with Crippen molar-refractivity contribution in [2.24, 2.45) is 5.92 Å². The van der Waals surface area contributed by atoms with Gasteiger partial charge in [-0.3, -0.25) is 14.3 Å². The normalized spacial score (nSPS) is 12.9. The SMILES string of the molecule is C[C@H](Cn1cccn1)C(=O)Nc1cc(C(F)(F)F)c[nH]c1=O. The minimum absolute atomic E-state index is 0.246. The fourth-order valence-electron chi connectivity index (χ4n) is 1.77. The largest absolute Gasteiger partial charge is 0.417 e. The fraction of sp³-hybridized carbons (Fsp3) is 0.308. The van der Waals surface area contributed by atoms with Gasteiger partial charge in [-0.2, -0.15) is 18.3 Å². The van der Waals surface area contributed by atoms with Crippen LogP contribution in [0.3, 0.4) is 0 Å². The third-order valence-electron chi connectivity index (χ3n) is 2.96. The molecule has 0 radical (unpaired) electrons. The van der Waals surface area contributed by atoms with E-state index in [1.165, 1.54) is 4.68 Å². The third kappa shape index (κ3) is 3.74. The minimum Gasteiger partial charge on any atom is -0.327 e. The summed E-state index contributed by atoms with van der Waals surface area (Å²) in [5.41, 5.74) is -2.28. The number of halogens is 3. The zero-order chi connectivity index (χ0) is 16.3. The highest BCUT2D eigenvalue weighted by molar-refractivity contribution is 5.92. The van der Waals surface area contributed by atoms with Gasteiger partial charge in [0.05, 0.1) is 18.0 Å². The molecule has 1 amide bonds. The lowest BCUT2D eigenvalue weighted by Gasteiger charge is -2.13. The number of pyridine rings is 1. The summed E-state index contributed by atoms with van der Waals surface area (Å²) in [5, 5.41) is 6.14. The average Bonchev–Trinajstić information content (AvgIpc) is 2.92. The van der Waals surface area contributed by atoms with Crippen LogP contribution in [-0.4, -0.2) is 20.7 Å². The number of anilines is 1. The van der Waals surface area contributed by atoms with Gasteiger partial charge in [0, 0.05) is 18.6 Å². The standard InChI is InChI=1S/C13H13F3N4O2/c1-8(7-20-4-2-3-18-20)11(21)19-10-5-9(13(14,15)16)6-17-12(10)22/h2-6,8H,7H2,1H3,(H,17,22)(H,19,21)/t8-/m1/s1. The van der Waals surface area contributed by atoms with Crippen molar-refractivity contribution in [1.82, 2.24) is 14.8 Å². The predicted octanol–water partition coefficient (Wildman–Crippen LogP) is 1.86. The molecule has 0 spiro atoms. The smallest absolute Gasteiger partial charge is 0.327 e. The highest BCUT2D eigenvalue weighted by atomic mass is 19.4. The maximum absolute atomic E-state index is 12.6. The van der Waals surface area contributed by atoms with E-state index in [-0.39, 0.29) is 6.54 Å². The van der Waals surface area contributed by atoms with Gasteiger partial charge in [-0.1, -0.05) is 6.92 Å². The Balaban J connectivity index is 2.12. The number of nitrogens with zero attached hydrogens (tertiary/aromatic N) is 2. The van der Waals surface area contributed by atoms with E-state index in [4.69, 9.17) is 0 Å². The number of hydrogen-bond acceptors (Lipinski definition) is 3. The third-order valence-corrected chi connectivity index (χ3v) is 2.96. The van der Waals surface area contributed by atoms with Gasteiger partial charge in [0.2, 0.25) is 5.91 Å². The van der Waals surface area contributed by atoms with Crippen LogP contribution in [-0.2, 0) is 17.5 Å². The number of nitrogens with one attached hydrogen (secondary N) is 2. The molecule has 0 saturated heterocycles. The molecule has 2 heterocycles. The summed E-state index contributed by atoms with van der Waals surface area (Å²) in [6.07, 6.45) is -0.849. The molecule has 1 atom stereocenters. The van der Waals surface area contributed by atoms with E-state index in [2.05, 4.69) is 10.4 Å². The topological polar surface area (TPSA) is 79.8 Å². The van der Waals surface area contributed by atoms with E-state index in [1.54, 1.807) is 25.4 Å². The van der Waals surface area contributed by atoms with Crippen molar-refractivity contribution in [3.8, 4) is 0 Å². The van der Waals surface area contributed by atoms with Gasteiger partial charge in [0.1, 0.15) is 5.69 Å². The molecule has 0 aliphatic carbocycles. The summed E-state index contributed by atoms with van der Waals surface area (Å²) in [4.78, 5) is 25.4. The Morgan fingerprint density at radius 1 is 1.50 bits per heavy atom. The van der Waals surface area contributed by atoms with Gasteiger partial charge in [-0.25, -0.2) is 0 Å². The van der Waals surface area contributed by atoms with Gasteiger partial charge >= 0.3 is 6.18 Å². The first-order chi connectivity index (χ1) is 10.3. The van der Waals surface area contributed by atoms with E-state index < -0.39 is 34.8 Å². The monoisotopic (exact) mass is 314 g/mol. The van der Waals surface area contributed by atoms with Crippen LogP contribution >= 0.6 is 0 Å². The van der Waals surface area contributed by atoms with Crippen molar-refractivity contribution >= 4 is 11.6 Å². The molecule has 0 aliphatic rings. The summed E-state index contributed by atoms with van der Waals surface area (Å²) in [5.74, 6) is -1.14. The Labute approximate surface area is 123 Å². The molecule has 9 heteroatoms. The number of carbonyl (C=O) groups is 1. The lowest BCUT2D eigenvalue weighted by atomic mass is 10.1. The Morgan fingerprint density at radius 3 is 2.82 bits per heavy atom. The number of alkyl halides is 3. The lowest BCUT2D eigenvalue weighted by molar-refractivity contribution is -0.137. The molecule has 0 unspecified atom stereocenters. The molecule has 2 aromatic rings. The molecule has 2 rings (SSSR count). The van der Waals surface area contributed by atoms with Crippen LogP contribution in [0.1, 0.15) is 12.5 Å². The van der Waals surface area contributed by atoms with Crippen molar-refractivity contribution in [2.75, 3.05) is 5.32 Å². The summed E-state index contributed by atoms with van der Waals surface area (Å²) < 4.78 is 39.3. The van der Waals surface area contributed by atoms with Crippen molar-refractivity contribution in [3.05, 3.63) is 46.6 Å². The fourth-order valence-corrected chi connectivity index (χ4v) is 1.77. The van der Waals surface area contributed by atoms with Crippen molar-refractivity contribution in [3.63, 3.8) is 0 Å². The summed E-state index contributed by atoms with van der Waals surface area (Å²) in [7, 11) is 0. The molecular formula is C13H13F3N4O2. The van der Waals surface area contributed by atoms with Crippen molar-refractivity contribution in [1.29, 1.82) is 0 Å². The second-order valence-corrected chi connectivity index (χ2v) is 4.75. The number of rotatable bonds is 4. The highest BCUT2D eigenvalue weighted by Gasteiger charge is 2.31. The Bertz CT molecular complexity index is 707.